The summed E-state index contributed by atoms with van der Waals surface area (Å²) in [6, 6.07) is 6.64. The van der Waals surface area contributed by atoms with E-state index in [4.69, 9.17) is 5.73 Å². The minimum atomic E-state index is -3.47. The molecule has 1 aromatic carbocycles. The molecule has 0 aromatic heterocycles. The lowest BCUT2D eigenvalue weighted by atomic mass is 9.93. The second kappa shape index (κ2) is 6.44. The van der Waals surface area contributed by atoms with E-state index in [0.29, 0.717) is 30.8 Å². The van der Waals surface area contributed by atoms with Crippen LogP contribution in [0, 0.1) is 5.92 Å². The fourth-order valence-electron chi connectivity index (χ4n) is 2.71. The lowest BCUT2D eigenvalue weighted by Gasteiger charge is -2.32. The standard InChI is InChI=1S/C15H24N2O3S/c1-11(16)14-4-3-5-15(10-14)21(19,20)17-8-6-13(7-9-17)12(2)18/h3-5,10-13,18H,6-9,16H2,1-2H3. The first-order chi connectivity index (χ1) is 9.82. The van der Waals surface area contributed by atoms with Gasteiger partial charge in [-0.3, -0.25) is 0 Å². The molecule has 3 N–H and O–H groups in total. The molecule has 118 valence electrons. The molecule has 2 rings (SSSR count). The van der Waals surface area contributed by atoms with E-state index in [-0.39, 0.29) is 18.1 Å². The lowest BCUT2D eigenvalue weighted by Crippen LogP contribution is -2.40. The Morgan fingerprint density at radius 1 is 1.29 bits per heavy atom. The Bertz CT molecular complexity index is 576. The van der Waals surface area contributed by atoms with Crippen LogP contribution in [0.15, 0.2) is 29.2 Å². The molecule has 0 radical (unpaired) electrons. The molecular weight excluding hydrogens is 288 g/mol. The fourth-order valence-corrected chi connectivity index (χ4v) is 4.23. The molecule has 1 saturated heterocycles. The number of aliphatic hydroxyl groups is 1. The Balaban J connectivity index is 2.18. The van der Waals surface area contributed by atoms with Crippen LogP contribution < -0.4 is 5.73 Å². The van der Waals surface area contributed by atoms with E-state index in [0.717, 1.165) is 5.56 Å². The molecule has 0 spiro atoms. The molecule has 0 aliphatic carbocycles. The van der Waals surface area contributed by atoms with Crippen LogP contribution in [0.1, 0.15) is 38.3 Å². The number of hydrogen-bond acceptors (Lipinski definition) is 4. The molecule has 0 amide bonds. The first-order valence-corrected chi connectivity index (χ1v) is 8.80. The summed E-state index contributed by atoms with van der Waals surface area (Å²) < 4.78 is 26.8. The molecule has 21 heavy (non-hydrogen) atoms. The third-order valence-corrected chi connectivity index (χ3v) is 6.10. The third-order valence-electron chi connectivity index (χ3n) is 4.20. The minimum absolute atomic E-state index is 0.187. The topological polar surface area (TPSA) is 83.6 Å². The van der Waals surface area contributed by atoms with Crippen LogP contribution in [-0.2, 0) is 10.0 Å². The maximum atomic E-state index is 12.7. The smallest absolute Gasteiger partial charge is 0.243 e. The number of nitrogens with zero attached hydrogens (tertiary/aromatic N) is 1. The fraction of sp³-hybridized carbons (Fsp3) is 0.600. The van der Waals surface area contributed by atoms with Crippen LogP contribution in [0.3, 0.4) is 0 Å². The van der Waals surface area contributed by atoms with E-state index in [9.17, 15) is 13.5 Å². The van der Waals surface area contributed by atoms with E-state index < -0.39 is 10.0 Å². The largest absolute Gasteiger partial charge is 0.393 e. The predicted molar refractivity (Wildman–Crippen MR) is 82.2 cm³/mol. The maximum Gasteiger partial charge on any atom is 0.243 e. The van der Waals surface area contributed by atoms with E-state index in [1.165, 1.54) is 4.31 Å². The Hall–Kier alpha value is -0.950. The van der Waals surface area contributed by atoms with Gasteiger partial charge in [0.1, 0.15) is 0 Å². The van der Waals surface area contributed by atoms with Crippen molar-refractivity contribution in [2.75, 3.05) is 13.1 Å². The molecule has 1 aliphatic heterocycles. The summed E-state index contributed by atoms with van der Waals surface area (Å²) in [6.45, 7) is 4.52. The Morgan fingerprint density at radius 2 is 1.90 bits per heavy atom. The number of rotatable bonds is 4. The molecule has 2 unspecified atom stereocenters. The monoisotopic (exact) mass is 312 g/mol. The SMILES string of the molecule is CC(N)c1cccc(S(=O)(=O)N2CCC(C(C)O)CC2)c1. The number of nitrogens with two attached hydrogens (primary N) is 1. The van der Waals surface area contributed by atoms with Gasteiger partial charge in [0.2, 0.25) is 10.0 Å². The summed E-state index contributed by atoms with van der Waals surface area (Å²) >= 11 is 0. The van der Waals surface area contributed by atoms with Crippen LogP contribution in [0.4, 0.5) is 0 Å². The normalized spacial score (nSPS) is 21.1. The highest BCUT2D eigenvalue weighted by molar-refractivity contribution is 7.89. The lowest BCUT2D eigenvalue weighted by molar-refractivity contribution is 0.0912. The third kappa shape index (κ3) is 3.63. The summed E-state index contributed by atoms with van der Waals surface area (Å²) in [5, 5.41) is 9.60. The average Bonchev–Trinajstić information content (AvgIpc) is 2.47. The first-order valence-electron chi connectivity index (χ1n) is 7.36. The van der Waals surface area contributed by atoms with Gasteiger partial charge in [-0.25, -0.2) is 8.42 Å². The molecule has 0 saturated carbocycles. The number of benzene rings is 1. The molecule has 1 heterocycles. The Labute approximate surface area is 126 Å². The van der Waals surface area contributed by atoms with Crippen LogP contribution in [0.25, 0.3) is 0 Å². The number of sulfonamides is 1. The van der Waals surface area contributed by atoms with Gasteiger partial charge in [0, 0.05) is 19.1 Å². The van der Waals surface area contributed by atoms with Crippen molar-refractivity contribution in [3.63, 3.8) is 0 Å². The summed E-state index contributed by atoms with van der Waals surface area (Å²) in [4.78, 5) is 0.299. The predicted octanol–water partition coefficient (Wildman–Crippen LogP) is 1.49. The van der Waals surface area contributed by atoms with E-state index in [2.05, 4.69) is 0 Å². The van der Waals surface area contributed by atoms with Gasteiger partial charge in [0.25, 0.3) is 0 Å². The van der Waals surface area contributed by atoms with E-state index >= 15 is 0 Å². The highest BCUT2D eigenvalue weighted by Crippen LogP contribution is 2.26. The van der Waals surface area contributed by atoms with Crippen LogP contribution in [0.2, 0.25) is 0 Å². The van der Waals surface area contributed by atoms with Crippen molar-refractivity contribution < 1.29 is 13.5 Å². The van der Waals surface area contributed by atoms with Gasteiger partial charge >= 0.3 is 0 Å². The van der Waals surface area contributed by atoms with Crippen molar-refractivity contribution in [3.05, 3.63) is 29.8 Å². The highest BCUT2D eigenvalue weighted by Gasteiger charge is 2.31. The van der Waals surface area contributed by atoms with Crippen LogP contribution in [0.5, 0.6) is 0 Å². The maximum absolute atomic E-state index is 12.7. The highest BCUT2D eigenvalue weighted by atomic mass is 32.2. The molecule has 6 heteroatoms. The van der Waals surface area contributed by atoms with Gasteiger partial charge < -0.3 is 10.8 Å². The summed E-state index contributed by atoms with van der Waals surface area (Å²) in [5.41, 5.74) is 6.63. The molecule has 5 nitrogen and oxygen atoms in total. The Morgan fingerprint density at radius 3 is 2.43 bits per heavy atom. The van der Waals surface area contributed by atoms with Crippen molar-refractivity contribution >= 4 is 10.0 Å². The molecular formula is C15H24N2O3S. The van der Waals surface area contributed by atoms with Crippen molar-refractivity contribution in [2.24, 2.45) is 11.7 Å². The van der Waals surface area contributed by atoms with Crippen molar-refractivity contribution in [3.8, 4) is 0 Å². The molecule has 2 atom stereocenters. The molecule has 0 bridgehead atoms. The van der Waals surface area contributed by atoms with Crippen LogP contribution >= 0.6 is 0 Å². The van der Waals surface area contributed by atoms with E-state index in [1.54, 1.807) is 25.1 Å². The van der Waals surface area contributed by atoms with Gasteiger partial charge in [-0.05, 0) is 50.3 Å². The summed E-state index contributed by atoms with van der Waals surface area (Å²) in [6.07, 6.45) is 1.02. The quantitative estimate of drug-likeness (QED) is 0.882. The summed E-state index contributed by atoms with van der Waals surface area (Å²) in [5.74, 6) is 0.187. The Kier molecular flexibility index (Phi) is 5.03. The summed E-state index contributed by atoms with van der Waals surface area (Å²) in [7, 11) is -3.47. The number of piperidine rings is 1. The average molecular weight is 312 g/mol. The zero-order valence-electron chi connectivity index (χ0n) is 12.6. The van der Waals surface area contributed by atoms with Gasteiger partial charge in [-0.2, -0.15) is 4.31 Å². The van der Waals surface area contributed by atoms with Gasteiger partial charge in [-0.1, -0.05) is 12.1 Å². The second-order valence-electron chi connectivity index (χ2n) is 5.84. The molecule has 1 aromatic rings. The second-order valence-corrected chi connectivity index (χ2v) is 7.78. The van der Waals surface area contributed by atoms with E-state index in [1.807, 2.05) is 13.0 Å². The minimum Gasteiger partial charge on any atom is -0.393 e. The van der Waals surface area contributed by atoms with Crippen LogP contribution in [-0.4, -0.2) is 37.0 Å². The molecule has 1 fully saturated rings. The number of aliphatic hydroxyl groups excluding tert-OH is 1. The molecule has 1 aliphatic rings. The van der Waals surface area contributed by atoms with Crippen molar-refractivity contribution in [1.29, 1.82) is 0 Å². The number of hydrogen-bond donors (Lipinski definition) is 2. The van der Waals surface area contributed by atoms with Gasteiger partial charge in [0.05, 0.1) is 11.0 Å². The zero-order valence-corrected chi connectivity index (χ0v) is 13.4. The van der Waals surface area contributed by atoms with Gasteiger partial charge in [-0.15, -0.1) is 0 Å². The van der Waals surface area contributed by atoms with Crippen molar-refractivity contribution in [2.45, 2.75) is 43.7 Å². The van der Waals surface area contributed by atoms with Crippen molar-refractivity contribution in [1.82, 2.24) is 4.31 Å². The first kappa shape index (κ1) is 16.4. The van der Waals surface area contributed by atoms with Gasteiger partial charge in [0.15, 0.2) is 0 Å². The zero-order chi connectivity index (χ0) is 15.6.